The van der Waals surface area contributed by atoms with Gasteiger partial charge in [0.1, 0.15) is 0 Å². The van der Waals surface area contributed by atoms with Crippen molar-refractivity contribution in [1.29, 1.82) is 0 Å². The molecule has 2 fully saturated rings. The molecule has 2 N–H and O–H groups in total. The summed E-state index contributed by atoms with van der Waals surface area (Å²) in [6, 6.07) is 0.327. The fourth-order valence-corrected chi connectivity index (χ4v) is 2.47. The third kappa shape index (κ3) is 2.08. The molecule has 2 aliphatic rings. The van der Waals surface area contributed by atoms with Crippen molar-refractivity contribution >= 4 is 0 Å². The molecule has 0 aromatic carbocycles. The Morgan fingerprint density at radius 1 is 1.29 bits per heavy atom. The van der Waals surface area contributed by atoms with Crippen molar-refractivity contribution in [3.05, 3.63) is 0 Å². The molecule has 82 valence electrons. The highest BCUT2D eigenvalue weighted by molar-refractivity contribution is 4.90. The van der Waals surface area contributed by atoms with Gasteiger partial charge in [0, 0.05) is 39.3 Å². The summed E-state index contributed by atoms with van der Waals surface area (Å²) in [6.45, 7) is 3.79. The molecule has 0 aromatic heterocycles. The minimum Gasteiger partial charge on any atom is -0.390 e. The Labute approximate surface area is 85.2 Å². The van der Waals surface area contributed by atoms with Crippen LogP contribution >= 0.6 is 0 Å². The van der Waals surface area contributed by atoms with Crippen LogP contribution in [0.3, 0.4) is 0 Å². The number of rotatable bonds is 2. The Hall–Kier alpha value is -0.160. The molecule has 4 heteroatoms. The van der Waals surface area contributed by atoms with Crippen LogP contribution in [0.5, 0.6) is 0 Å². The molecular formula is C10H20N2O2. The first-order valence-corrected chi connectivity index (χ1v) is 5.47. The third-order valence-electron chi connectivity index (χ3n) is 3.43. The van der Waals surface area contributed by atoms with Gasteiger partial charge in [0.15, 0.2) is 0 Å². The molecule has 2 heterocycles. The van der Waals surface area contributed by atoms with Crippen molar-refractivity contribution in [2.75, 3.05) is 33.3 Å². The highest BCUT2D eigenvalue weighted by atomic mass is 16.5. The number of ether oxygens (including phenoxy) is 1. The number of methoxy groups -OCH3 is 1. The standard InChI is InChI=1S/C10H20N2O2/c1-14-8-2-4-12(5-3-8)9-6-11-7-10(9)13/h8-11,13H,2-7H2,1H3. The molecule has 0 aromatic rings. The quantitative estimate of drug-likeness (QED) is 0.626. The highest BCUT2D eigenvalue weighted by Gasteiger charge is 2.32. The fraction of sp³-hybridized carbons (Fsp3) is 1.00. The van der Waals surface area contributed by atoms with Crippen LogP contribution in [0.2, 0.25) is 0 Å². The average molecular weight is 200 g/mol. The van der Waals surface area contributed by atoms with E-state index in [1.54, 1.807) is 7.11 Å². The zero-order valence-corrected chi connectivity index (χ0v) is 8.78. The van der Waals surface area contributed by atoms with Gasteiger partial charge in [-0.25, -0.2) is 0 Å². The van der Waals surface area contributed by atoms with E-state index in [1.165, 1.54) is 0 Å². The lowest BCUT2D eigenvalue weighted by atomic mass is 10.0. The third-order valence-corrected chi connectivity index (χ3v) is 3.43. The molecule has 0 aliphatic carbocycles. The second-order valence-corrected chi connectivity index (χ2v) is 4.26. The number of hydrogen-bond acceptors (Lipinski definition) is 4. The molecule has 2 rings (SSSR count). The molecule has 0 amide bonds. The lowest BCUT2D eigenvalue weighted by Crippen LogP contribution is -2.48. The number of piperidine rings is 1. The zero-order chi connectivity index (χ0) is 9.97. The van der Waals surface area contributed by atoms with E-state index in [0.29, 0.717) is 12.1 Å². The first-order chi connectivity index (χ1) is 6.81. The van der Waals surface area contributed by atoms with E-state index < -0.39 is 0 Å². The molecule has 0 bridgehead atoms. The van der Waals surface area contributed by atoms with Gasteiger partial charge in [-0.2, -0.15) is 0 Å². The number of aliphatic hydroxyl groups excluding tert-OH is 1. The van der Waals surface area contributed by atoms with Gasteiger partial charge in [0.2, 0.25) is 0 Å². The molecule has 14 heavy (non-hydrogen) atoms. The summed E-state index contributed by atoms with van der Waals surface area (Å²) >= 11 is 0. The Morgan fingerprint density at radius 2 is 2.00 bits per heavy atom. The van der Waals surface area contributed by atoms with Gasteiger partial charge >= 0.3 is 0 Å². The summed E-state index contributed by atoms with van der Waals surface area (Å²) < 4.78 is 5.32. The normalized spacial score (nSPS) is 36.4. The van der Waals surface area contributed by atoms with Crippen LogP contribution in [0.1, 0.15) is 12.8 Å². The smallest absolute Gasteiger partial charge is 0.0831 e. The van der Waals surface area contributed by atoms with E-state index in [2.05, 4.69) is 10.2 Å². The van der Waals surface area contributed by atoms with Crippen LogP contribution in [-0.4, -0.2) is 61.5 Å². The lowest BCUT2D eigenvalue weighted by Gasteiger charge is -2.36. The SMILES string of the molecule is COC1CCN(C2CNCC2O)CC1. The monoisotopic (exact) mass is 200 g/mol. The van der Waals surface area contributed by atoms with Crippen LogP contribution in [0.25, 0.3) is 0 Å². The van der Waals surface area contributed by atoms with Crippen molar-refractivity contribution in [2.45, 2.75) is 31.1 Å². The van der Waals surface area contributed by atoms with Crippen LogP contribution in [0, 0.1) is 0 Å². The van der Waals surface area contributed by atoms with Gasteiger partial charge in [-0.15, -0.1) is 0 Å². The number of aliphatic hydroxyl groups is 1. The van der Waals surface area contributed by atoms with Gasteiger partial charge in [0.25, 0.3) is 0 Å². The minimum absolute atomic E-state index is 0.186. The van der Waals surface area contributed by atoms with Gasteiger partial charge in [-0.3, -0.25) is 4.90 Å². The van der Waals surface area contributed by atoms with Crippen molar-refractivity contribution in [3.8, 4) is 0 Å². The van der Waals surface area contributed by atoms with E-state index in [-0.39, 0.29) is 6.10 Å². The summed E-state index contributed by atoms with van der Waals surface area (Å²) in [6.07, 6.45) is 2.44. The summed E-state index contributed by atoms with van der Waals surface area (Å²) in [5.41, 5.74) is 0. The number of nitrogens with zero attached hydrogens (tertiary/aromatic N) is 1. The van der Waals surface area contributed by atoms with Gasteiger partial charge in [-0.05, 0) is 12.8 Å². The molecule has 2 aliphatic heterocycles. The highest BCUT2D eigenvalue weighted by Crippen LogP contribution is 2.18. The van der Waals surface area contributed by atoms with E-state index in [9.17, 15) is 5.11 Å². The first-order valence-electron chi connectivity index (χ1n) is 5.47. The topological polar surface area (TPSA) is 44.7 Å². The summed E-state index contributed by atoms with van der Waals surface area (Å²) in [4.78, 5) is 2.39. The Morgan fingerprint density at radius 3 is 2.50 bits per heavy atom. The van der Waals surface area contributed by atoms with Crippen molar-refractivity contribution in [1.82, 2.24) is 10.2 Å². The molecule has 2 unspecified atom stereocenters. The maximum Gasteiger partial charge on any atom is 0.0831 e. The van der Waals surface area contributed by atoms with E-state index in [4.69, 9.17) is 4.74 Å². The second-order valence-electron chi connectivity index (χ2n) is 4.26. The van der Waals surface area contributed by atoms with Gasteiger partial charge in [0.05, 0.1) is 12.2 Å². The predicted octanol–water partition coefficient (Wildman–Crippen LogP) is -0.570. The first kappa shape index (κ1) is 10.4. The predicted molar refractivity (Wildman–Crippen MR) is 54.3 cm³/mol. The van der Waals surface area contributed by atoms with Crippen LogP contribution in [-0.2, 0) is 4.74 Å². The van der Waals surface area contributed by atoms with E-state index in [1.807, 2.05) is 0 Å². The van der Waals surface area contributed by atoms with Crippen LogP contribution in [0.4, 0.5) is 0 Å². The van der Waals surface area contributed by atoms with Gasteiger partial charge < -0.3 is 15.2 Å². The van der Waals surface area contributed by atoms with E-state index in [0.717, 1.165) is 39.0 Å². The fourth-order valence-electron chi connectivity index (χ4n) is 2.47. The van der Waals surface area contributed by atoms with Crippen LogP contribution in [0.15, 0.2) is 0 Å². The molecule has 2 saturated heterocycles. The molecule has 2 atom stereocenters. The van der Waals surface area contributed by atoms with Gasteiger partial charge in [-0.1, -0.05) is 0 Å². The molecule has 0 radical (unpaired) electrons. The summed E-state index contributed by atoms with van der Waals surface area (Å²) in [7, 11) is 1.78. The van der Waals surface area contributed by atoms with Crippen LogP contribution < -0.4 is 5.32 Å². The number of β-amino-alcohol motifs (C(OH)–C–C–N with tert-alkyl or cyclic N) is 1. The second kappa shape index (κ2) is 4.57. The molecule has 0 saturated carbocycles. The number of hydrogen-bond donors (Lipinski definition) is 2. The lowest BCUT2D eigenvalue weighted by molar-refractivity contribution is 0.00790. The van der Waals surface area contributed by atoms with Crippen molar-refractivity contribution in [2.24, 2.45) is 0 Å². The maximum absolute atomic E-state index is 9.73. The Bertz CT molecular complexity index is 181. The number of nitrogens with one attached hydrogen (secondary N) is 1. The van der Waals surface area contributed by atoms with Crippen molar-refractivity contribution < 1.29 is 9.84 Å². The molecule has 4 nitrogen and oxygen atoms in total. The Kier molecular flexibility index (Phi) is 3.38. The summed E-state index contributed by atoms with van der Waals surface area (Å²) in [5.74, 6) is 0. The minimum atomic E-state index is -0.186. The Balaban J connectivity index is 1.82. The summed E-state index contributed by atoms with van der Waals surface area (Å²) in [5, 5.41) is 13.0. The molecular weight excluding hydrogens is 180 g/mol. The maximum atomic E-state index is 9.73. The van der Waals surface area contributed by atoms with Crippen molar-refractivity contribution in [3.63, 3.8) is 0 Å². The average Bonchev–Trinajstić information content (AvgIpc) is 2.65. The number of likely N-dealkylation sites (tertiary alicyclic amines) is 1. The molecule has 0 spiro atoms. The zero-order valence-electron chi connectivity index (χ0n) is 8.78. The van der Waals surface area contributed by atoms with E-state index >= 15 is 0 Å². The largest absolute Gasteiger partial charge is 0.390 e.